The van der Waals surface area contributed by atoms with Crippen LogP contribution in [-0.2, 0) is 9.53 Å². The van der Waals surface area contributed by atoms with Crippen molar-refractivity contribution >= 4 is 22.7 Å². The molecule has 7 nitrogen and oxygen atoms in total. The summed E-state index contributed by atoms with van der Waals surface area (Å²) in [6, 6.07) is 6.08. The van der Waals surface area contributed by atoms with E-state index in [-0.39, 0.29) is 17.6 Å². The first-order valence-corrected chi connectivity index (χ1v) is 9.25. The van der Waals surface area contributed by atoms with E-state index in [1.807, 2.05) is 4.90 Å². The zero-order valence-corrected chi connectivity index (χ0v) is 15.1. The summed E-state index contributed by atoms with van der Waals surface area (Å²) in [6.07, 6.45) is 0. The molecule has 2 amide bonds. The van der Waals surface area contributed by atoms with Crippen molar-refractivity contribution in [3.63, 3.8) is 0 Å². The Morgan fingerprint density at radius 2 is 1.70 bits per heavy atom. The van der Waals surface area contributed by atoms with E-state index in [1.54, 1.807) is 17.0 Å². The highest BCUT2D eigenvalue weighted by Crippen LogP contribution is 2.18. The van der Waals surface area contributed by atoms with Crippen molar-refractivity contribution in [2.75, 3.05) is 59.0 Å². The number of nitrogens with one attached hydrogen (secondary N) is 1. The lowest BCUT2D eigenvalue weighted by atomic mass is 10.2. The Balaban J connectivity index is 1.33. The van der Waals surface area contributed by atoms with Gasteiger partial charge >= 0.3 is 0 Å². The van der Waals surface area contributed by atoms with E-state index < -0.39 is 0 Å². The van der Waals surface area contributed by atoms with Crippen LogP contribution in [0.15, 0.2) is 24.3 Å². The topological polar surface area (TPSA) is 68.9 Å². The second kappa shape index (κ2) is 7.66. The van der Waals surface area contributed by atoms with Gasteiger partial charge in [-0.2, -0.15) is 0 Å². The van der Waals surface area contributed by atoms with Gasteiger partial charge < -0.3 is 19.5 Å². The average Bonchev–Trinajstić information content (AvgIpc) is 3.11. The number of carbonyl (C=O) groups is 2. The fourth-order valence-corrected chi connectivity index (χ4v) is 3.60. The smallest absolute Gasteiger partial charge is 0.270 e. The number of hydrogen-bond donors (Lipinski definition) is 1. The molecule has 2 saturated heterocycles. The van der Waals surface area contributed by atoms with Crippen LogP contribution in [0.4, 0.5) is 4.39 Å². The zero-order chi connectivity index (χ0) is 18.8. The molecular formula is C19H23FN4O3. The van der Waals surface area contributed by atoms with Crippen molar-refractivity contribution in [1.29, 1.82) is 0 Å². The molecule has 0 unspecified atom stereocenters. The molecule has 144 valence electrons. The van der Waals surface area contributed by atoms with Gasteiger partial charge in [0, 0.05) is 50.2 Å². The van der Waals surface area contributed by atoms with E-state index in [4.69, 9.17) is 4.74 Å². The Kier molecular flexibility index (Phi) is 5.09. The number of amides is 2. The summed E-state index contributed by atoms with van der Waals surface area (Å²) in [6.45, 7) is 5.37. The number of benzene rings is 1. The van der Waals surface area contributed by atoms with Gasteiger partial charge in [0.1, 0.15) is 11.5 Å². The van der Waals surface area contributed by atoms with Crippen LogP contribution in [0, 0.1) is 5.82 Å². The number of carbonyl (C=O) groups excluding carboxylic acids is 2. The SMILES string of the molecule is O=C(CN1CCOCC1)N1CCN(C(=O)c2cc3cc(F)ccc3[nH]2)CC1. The number of rotatable bonds is 3. The number of piperazine rings is 1. The molecule has 1 aromatic carbocycles. The van der Waals surface area contributed by atoms with Gasteiger partial charge in [-0.15, -0.1) is 0 Å². The lowest BCUT2D eigenvalue weighted by Gasteiger charge is -2.36. The summed E-state index contributed by atoms with van der Waals surface area (Å²) in [5.74, 6) is -0.343. The number of nitrogens with zero attached hydrogens (tertiary/aromatic N) is 3. The van der Waals surface area contributed by atoms with E-state index in [2.05, 4.69) is 9.88 Å². The quantitative estimate of drug-likeness (QED) is 0.868. The standard InChI is InChI=1S/C19H23FN4O3/c20-15-1-2-16-14(11-15)12-17(21-16)19(26)24-5-3-23(4-6-24)18(25)13-22-7-9-27-10-8-22/h1-2,11-12,21H,3-10,13H2. The van der Waals surface area contributed by atoms with Crippen LogP contribution in [0.3, 0.4) is 0 Å². The summed E-state index contributed by atoms with van der Waals surface area (Å²) in [4.78, 5) is 33.9. The summed E-state index contributed by atoms with van der Waals surface area (Å²) < 4.78 is 18.6. The van der Waals surface area contributed by atoms with Gasteiger partial charge in [0.2, 0.25) is 5.91 Å². The fourth-order valence-electron chi connectivity index (χ4n) is 3.60. The molecule has 1 N–H and O–H groups in total. The lowest BCUT2D eigenvalue weighted by Crippen LogP contribution is -2.53. The Morgan fingerprint density at radius 1 is 1.00 bits per heavy atom. The van der Waals surface area contributed by atoms with Crippen molar-refractivity contribution < 1.29 is 18.7 Å². The minimum Gasteiger partial charge on any atom is -0.379 e. The predicted octanol–water partition coefficient (Wildman–Crippen LogP) is 0.924. The monoisotopic (exact) mass is 374 g/mol. The number of aromatic amines is 1. The zero-order valence-electron chi connectivity index (χ0n) is 15.1. The Morgan fingerprint density at radius 3 is 2.44 bits per heavy atom. The molecule has 2 aliphatic heterocycles. The fraction of sp³-hybridized carbons (Fsp3) is 0.474. The van der Waals surface area contributed by atoms with Gasteiger partial charge in [-0.1, -0.05) is 0 Å². The molecule has 2 aliphatic rings. The van der Waals surface area contributed by atoms with Gasteiger partial charge in [0.15, 0.2) is 0 Å². The van der Waals surface area contributed by atoms with E-state index in [1.165, 1.54) is 12.1 Å². The maximum absolute atomic E-state index is 13.3. The summed E-state index contributed by atoms with van der Waals surface area (Å²) in [7, 11) is 0. The van der Waals surface area contributed by atoms with Crippen molar-refractivity contribution in [3.05, 3.63) is 35.8 Å². The minimum atomic E-state index is -0.326. The number of aromatic nitrogens is 1. The van der Waals surface area contributed by atoms with E-state index >= 15 is 0 Å². The maximum Gasteiger partial charge on any atom is 0.270 e. The molecule has 3 heterocycles. The molecular weight excluding hydrogens is 351 g/mol. The summed E-state index contributed by atoms with van der Waals surface area (Å²) in [5, 5.41) is 0.678. The average molecular weight is 374 g/mol. The molecule has 0 bridgehead atoms. The number of hydrogen-bond acceptors (Lipinski definition) is 4. The van der Waals surface area contributed by atoms with Crippen LogP contribution in [0.5, 0.6) is 0 Å². The van der Waals surface area contributed by atoms with Gasteiger partial charge in [0.25, 0.3) is 5.91 Å². The van der Waals surface area contributed by atoms with Crippen LogP contribution in [-0.4, -0.2) is 90.5 Å². The number of fused-ring (bicyclic) bond motifs is 1. The van der Waals surface area contributed by atoms with Gasteiger partial charge in [-0.05, 0) is 24.3 Å². The Labute approximate surface area is 156 Å². The molecule has 0 saturated carbocycles. The second-order valence-corrected chi connectivity index (χ2v) is 6.98. The maximum atomic E-state index is 13.3. The van der Waals surface area contributed by atoms with Crippen LogP contribution < -0.4 is 0 Å². The molecule has 8 heteroatoms. The van der Waals surface area contributed by atoms with Crippen molar-refractivity contribution in [1.82, 2.24) is 19.7 Å². The molecule has 0 spiro atoms. The van der Waals surface area contributed by atoms with E-state index in [9.17, 15) is 14.0 Å². The lowest BCUT2D eigenvalue weighted by molar-refractivity contribution is -0.134. The van der Waals surface area contributed by atoms with Crippen LogP contribution >= 0.6 is 0 Å². The number of morpholine rings is 1. The number of ether oxygens (including phenoxy) is 1. The van der Waals surface area contributed by atoms with Gasteiger partial charge in [0.05, 0.1) is 19.8 Å². The summed E-state index contributed by atoms with van der Waals surface area (Å²) in [5.41, 5.74) is 1.18. The van der Waals surface area contributed by atoms with Gasteiger partial charge in [-0.25, -0.2) is 4.39 Å². The predicted molar refractivity (Wildman–Crippen MR) is 98.0 cm³/mol. The van der Waals surface area contributed by atoms with Crippen molar-refractivity contribution in [2.24, 2.45) is 0 Å². The third-order valence-electron chi connectivity index (χ3n) is 5.20. The first-order valence-electron chi connectivity index (χ1n) is 9.25. The second-order valence-electron chi connectivity index (χ2n) is 6.98. The third kappa shape index (κ3) is 3.96. The largest absolute Gasteiger partial charge is 0.379 e. The highest BCUT2D eigenvalue weighted by molar-refractivity contribution is 5.98. The molecule has 1 aromatic heterocycles. The van der Waals surface area contributed by atoms with E-state index in [0.717, 1.165) is 18.6 Å². The molecule has 2 fully saturated rings. The Hall–Kier alpha value is -2.45. The molecule has 4 rings (SSSR count). The molecule has 0 radical (unpaired) electrons. The third-order valence-corrected chi connectivity index (χ3v) is 5.20. The molecule has 0 aliphatic carbocycles. The van der Waals surface area contributed by atoms with Crippen molar-refractivity contribution in [2.45, 2.75) is 0 Å². The minimum absolute atomic E-state index is 0.102. The molecule has 0 atom stereocenters. The van der Waals surface area contributed by atoms with Crippen LogP contribution in [0.1, 0.15) is 10.5 Å². The first-order chi connectivity index (χ1) is 13.1. The number of halogens is 1. The van der Waals surface area contributed by atoms with Crippen molar-refractivity contribution in [3.8, 4) is 0 Å². The van der Waals surface area contributed by atoms with E-state index in [0.29, 0.717) is 57.0 Å². The summed E-state index contributed by atoms with van der Waals surface area (Å²) >= 11 is 0. The molecule has 27 heavy (non-hydrogen) atoms. The Bertz CT molecular complexity index is 839. The highest BCUT2D eigenvalue weighted by atomic mass is 19.1. The number of H-pyrrole nitrogens is 1. The highest BCUT2D eigenvalue weighted by Gasteiger charge is 2.27. The normalized spacial score (nSPS) is 18.9. The van der Waals surface area contributed by atoms with Crippen LogP contribution in [0.2, 0.25) is 0 Å². The first kappa shape index (κ1) is 17.9. The van der Waals surface area contributed by atoms with Crippen LogP contribution in [0.25, 0.3) is 10.9 Å². The molecule has 2 aromatic rings. The van der Waals surface area contributed by atoms with Gasteiger partial charge in [-0.3, -0.25) is 14.5 Å².